The molecule has 2 atom stereocenters. The Balaban J connectivity index is 1.68. The van der Waals surface area contributed by atoms with Crippen molar-refractivity contribution in [2.24, 2.45) is 5.92 Å². The molecular formula is C39H52N4O8S2. The van der Waals surface area contributed by atoms with Crippen LogP contribution in [0.3, 0.4) is 0 Å². The first-order chi connectivity index (χ1) is 25.2. The molecule has 0 aromatic heterocycles. The smallest absolute Gasteiger partial charge is 0.326 e. The molecule has 12 nitrogen and oxygen atoms in total. The summed E-state index contributed by atoms with van der Waals surface area (Å²) in [4.78, 5) is 41.5. The van der Waals surface area contributed by atoms with E-state index in [-0.39, 0.29) is 28.7 Å². The summed E-state index contributed by atoms with van der Waals surface area (Å²) in [6, 6.07) is 16.0. The first-order valence-electron chi connectivity index (χ1n) is 18.0. The predicted molar refractivity (Wildman–Crippen MR) is 207 cm³/mol. The molecule has 14 heteroatoms. The molecule has 4 rings (SSSR count). The zero-order valence-electron chi connectivity index (χ0n) is 31.1. The van der Waals surface area contributed by atoms with Crippen LogP contribution in [0.25, 0.3) is 0 Å². The third-order valence-electron chi connectivity index (χ3n) is 9.20. The van der Waals surface area contributed by atoms with E-state index in [0.717, 1.165) is 31.4 Å². The number of rotatable bonds is 18. The Kier molecular flexibility index (Phi) is 14.6. The van der Waals surface area contributed by atoms with E-state index in [2.05, 4.69) is 34.1 Å². The van der Waals surface area contributed by atoms with E-state index >= 15 is 0 Å². The quantitative estimate of drug-likeness (QED) is 0.0898. The summed E-state index contributed by atoms with van der Waals surface area (Å²) in [5.41, 5.74) is 0.934. The van der Waals surface area contributed by atoms with Crippen LogP contribution in [-0.4, -0.2) is 67.4 Å². The largest absolute Gasteiger partial charge is 0.508 e. The summed E-state index contributed by atoms with van der Waals surface area (Å²) >= 11 is 1.34. The maximum Gasteiger partial charge on any atom is 0.326 e. The number of phenolic OH excluding ortho intramolecular Hbond substituents is 1. The number of unbranched alkanes of at least 4 members (excludes halogenated alkanes) is 2. The number of thioether (sulfide) groups is 1. The molecule has 53 heavy (non-hydrogen) atoms. The number of carbonyl (C=O) groups is 3. The van der Waals surface area contributed by atoms with E-state index in [0.29, 0.717) is 35.5 Å². The second kappa shape index (κ2) is 18.7. The lowest BCUT2D eigenvalue weighted by molar-refractivity contribution is -0.142. The molecule has 3 aromatic carbocycles. The highest BCUT2D eigenvalue weighted by atomic mass is 32.2. The number of para-hydroxylation sites is 1. The summed E-state index contributed by atoms with van der Waals surface area (Å²) in [6.07, 6.45) is 6.87. The molecule has 2 amide bonds. The average Bonchev–Trinajstić information content (AvgIpc) is 3.22. The van der Waals surface area contributed by atoms with E-state index in [9.17, 15) is 33.0 Å². The van der Waals surface area contributed by atoms with Gasteiger partial charge >= 0.3 is 5.97 Å². The van der Waals surface area contributed by atoms with Gasteiger partial charge in [0.1, 0.15) is 28.5 Å². The number of phenols is 1. The number of nitrogens with one attached hydrogen (secondary N) is 3. The van der Waals surface area contributed by atoms with Crippen molar-refractivity contribution in [1.29, 1.82) is 0 Å². The predicted octanol–water partition coefficient (Wildman–Crippen LogP) is 6.52. The minimum atomic E-state index is -4.07. The van der Waals surface area contributed by atoms with Gasteiger partial charge in [0, 0.05) is 18.3 Å². The van der Waals surface area contributed by atoms with E-state index in [1.165, 1.54) is 42.1 Å². The highest BCUT2D eigenvalue weighted by molar-refractivity contribution is 7.98. The molecule has 1 aliphatic heterocycles. The maximum absolute atomic E-state index is 14.3. The van der Waals surface area contributed by atoms with Crippen molar-refractivity contribution in [3.05, 3.63) is 72.3 Å². The molecular weight excluding hydrogens is 717 g/mol. The molecule has 0 aliphatic carbocycles. The first kappa shape index (κ1) is 41.5. The number of hydrogen-bond acceptors (Lipinski definition) is 9. The molecule has 1 aliphatic rings. The molecule has 0 saturated heterocycles. The van der Waals surface area contributed by atoms with Crippen LogP contribution in [0.5, 0.6) is 11.5 Å². The van der Waals surface area contributed by atoms with Crippen LogP contribution in [0.15, 0.2) is 76.5 Å². The van der Waals surface area contributed by atoms with Gasteiger partial charge in [0.25, 0.3) is 5.91 Å². The normalized spacial score (nSPS) is 15.8. The fourth-order valence-electron chi connectivity index (χ4n) is 6.50. The van der Waals surface area contributed by atoms with Crippen molar-refractivity contribution >= 4 is 50.9 Å². The van der Waals surface area contributed by atoms with Crippen molar-refractivity contribution in [1.82, 2.24) is 15.4 Å². The van der Waals surface area contributed by atoms with Crippen LogP contribution in [0.2, 0.25) is 0 Å². The van der Waals surface area contributed by atoms with Crippen LogP contribution in [0.1, 0.15) is 84.2 Å². The van der Waals surface area contributed by atoms with Gasteiger partial charge in [-0.15, -0.1) is 11.8 Å². The number of anilines is 2. The summed E-state index contributed by atoms with van der Waals surface area (Å²) in [6.45, 7) is 7.70. The molecule has 0 saturated carbocycles. The van der Waals surface area contributed by atoms with Gasteiger partial charge in [-0.2, -0.15) is 0 Å². The zero-order chi connectivity index (χ0) is 38.8. The molecule has 288 valence electrons. The van der Waals surface area contributed by atoms with E-state index in [1.54, 1.807) is 6.07 Å². The number of sulfonamides is 1. The lowest BCUT2D eigenvalue weighted by Gasteiger charge is -2.37. The van der Waals surface area contributed by atoms with Crippen LogP contribution in [0, 0.1) is 5.92 Å². The monoisotopic (exact) mass is 768 g/mol. The fraction of sp³-hybridized carbons (Fsp3) is 0.462. The fourth-order valence-corrected chi connectivity index (χ4v) is 8.71. The van der Waals surface area contributed by atoms with Gasteiger partial charge in [0.15, 0.2) is 6.61 Å². The molecule has 3 aromatic rings. The highest BCUT2D eigenvalue weighted by Crippen LogP contribution is 2.44. The van der Waals surface area contributed by atoms with Crippen molar-refractivity contribution < 1.29 is 37.8 Å². The Morgan fingerprint density at radius 2 is 1.62 bits per heavy atom. The van der Waals surface area contributed by atoms with Crippen LogP contribution in [0.4, 0.5) is 11.4 Å². The molecule has 5 N–H and O–H groups in total. The number of benzene rings is 3. The van der Waals surface area contributed by atoms with Crippen LogP contribution >= 0.6 is 11.8 Å². The second-order valence-corrected chi connectivity index (χ2v) is 16.4. The lowest BCUT2D eigenvalue weighted by Crippen LogP contribution is -2.53. The zero-order valence-corrected chi connectivity index (χ0v) is 32.7. The van der Waals surface area contributed by atoms with E-state index in [1.807, 2.05) is 50.4 Å². The first-order valence-corrected chi connectivity index (χ1v) is 20.8. The second-order valence-electron chi connectivity index (χ2n) is 13.9. The Hall–Kier alpha value is -4.27. The van der Waals surface area contributed by atoms with Crippen molar-refractivity contribution in [3.63, 3.8) is 0 Å². The molecule has 1 heterocycles. The van der Waals surface area contributed by atoms with Crippen molar-refractivity contribution in [3.8, 4) is 11.5 Å². The maximum atomic E-state index is 14.3. The Morgan fingerprint density at radius 1 is 0.981 bits per heavy atom. The minimum absolute atomic E-state index is 0.0237. The standard InChI is InChI=1S/C39H52N4O8S2/c1-6-8-19-39(20-9-7-2)25-43(28-13-11-10-12-14-28)31-22-33(52-5)32(23-34(31)53(49,50)42-39)51-24-35(45)41-36(27-15-17-29(44)18-16-27)37(46)40-30(38(47)48)21-26(3)4/h10-18,22-23,26,30,36,42,44H,6-9,19-21,24-25H2,1-5H3,(H,40,46)(H,41,45)(H,47,48)/t30-,36+/m0/s1. The number of nitrogens with zero attached hydrogens (tertiary/aromatic N) is 1. The van der Waals surface area contributed by atoms with Gasteiger partial charge in [-0.1, -0.05) is 83.7 Å². The molecule has 0 spiro atoms. The molecule has 0 radical (unpaired) electrons. The lowest BCUT2D eigenvalue weighted by atomic mass is 9.87. The number of carboxylic acids is 1. The average molecular weight is 769 g/mol. The van der Waals surface area contributed by atoms with E-state index < -0.39 is 52.0 Å². The summed E-state index contributed by atoms with van der Waals surface area (Å²) in [5, 5.41) is 24.7. The molecule has 0 unspecified atom stereocenters. The Labute approximate surface area is 317 Å². The van der Waals surface area contributed by atoms with Crippen molar-refractivity contribution in [2.75, 3.05) is 24.3 Å². The number of carboxylic acid groups (broad SMARTS) is 1. The van der Waals surface area contributed by atoms with Gasteiger partial charge in [-0.05, 0) is 67.3 Å². The van der Waals surface area contributed by atoms with E-state index in [4.69, 9.17) is 4.74 Å². The topological polar surface area (TPSA) is 174 Å². The SMILES string of the molecule is CCCCC1(CCCC)CN(c2ccccc2)c2cc(SC)c(OCC(=O)N[C@@H](C(=O)N[C@@H](CC(C)C)C(=O)O)c3ccc(O)cc3)cc2S(=O)(=O)N1. The number of aliphatic carboxylic acids is 1. The van der Waals surface area contributed by atoms with Gasteiger partial charge in [-0.3, -0.25) is 9.59 Å². The number of fused-ring (bicyclic) bond motifs is 1. The van der Waals surface area contributed by atoms with Gasteiger partial charge in [0.2, 0.25) is 15.9 Å². The third kappa shape index (κ3) is 10.9. The minimum Gasteiger partial charge on any atom is -0.508 e. The van der Waals surface area contributed by atoms with Gasteiger partial charge in [0.05, 0.1) is 16.1 Å². The van der Waals surface area contributed by atoms with Crippen LogP contribution < -0.4 is 25.0 Å². The number of carbonyl (C=O) groups excluding carboxylic acids is 2. The third-order valence-corrected chi connectivity index (χ3v) is 11.6. The van der Waals surface area contributed by atoms with Gasteiger partial charge < -0.3 is 30.5 Å². The van der Waals surface area contributed by atoms with Crippen LogP contribution in [-0.2, 0) is 24.4 Å². The number of hydrogen-bond donors (Lipinski definition) is 5. The number of amides is 2. The molecule has 0 fully saturated rings. The Bertz CT molecular complexity index is 1810. The summed E-state index contributed by atoms with van der Waals surface area (Å²) in [7, 11) is -4.07. The highest BCUT2D eigenvalue weighted by Gasteiger charge is 2.42. The Morgan fingerprint density at radius 3 is 2.19 bits per heavy atom. The summed E-state index contributed by atoms with van der Waals surface area (Å²) < 4.78 is 37.8. The van der Waals surface area contributed by atoms with Crippen molar-refractivity contribution in [2.45, 2.75) is 100 Å². The van der Waals surface area contributed by atoms with Gasteiger partial charge in [-0.25, -0.2) is 17.9 Å². The summed E-state index contributed by atoms with van der Waals surface area (Å²) in [5.74, 6) is -2.57. The molecule has 0 bridgehead atoms. The number of ether oxygens (including phenoxy) is 1. The number of aromatic hydroxyl groups is 1.